The lowest BCUT2D eigenvalue weighted by molar-refractivity contribution is 0.275. The molecule has 0 spiro atoms. The molecule has 0 amide bonds. The molecular formula is C10H10Cl5FN3O4P. The summed E-state index contributed by atoms with van der Waals surface area (Å²) >= 11 is 19.9. The molecule has 1 aromatic carbocycles. The zero-order valence-electron chi connectivity index (χ0n) is 11.3. The quantitative estimate of drug-likeness (QED) is 0.435. The smallest absolute Gasteiger partial charge is 0.303 e. The maximum atomic E-state index is 12.8. The second-order valence-corrected chi connectivity index (χ2v) is 6.73. The number of nitrogens with zero attached hydrogens (tertiary/aromatic N) is 3. The van der Waals surface area contributed by atoms with E-state index in [1.165, 1.54) is 18.3 Å². The number of rotatable bonds is 1. The molecule has 14 heteroatoms. The molecule has 1 heterocycles. The molecule has 0 unspecified atom stereocenters. The van der Waals surface area contributed by atoms with Gasteiger partial charge in [0.25, 0.3) is 0 Å². The fourth-order valence-corrected chi connectivity index (χ4v) is 1.13. The van der Waals surface area contributed by atoms with Crippen molar-refractivity contribution in [3.05, 3.63) is 41.6 Å². The Hall–Kier alpha value is -0.280. The number of hydrogen-bond donors (Lipinski definition) is 3. The minimum absolute atomic E-state index is 0. The van der Waals surface area contributed by atoms with Gasteiger partial charge in [-0.15, -0.1) is 22.6 Å². The van der Waals surface area contributed by atoms with Crippen molar-refractivity contribution in [1.29, 1.82) is 0 Å². The van der Waals surface area contributed by atoms with Crippen LogP contribution in [-0.4, -0.2) is 34.2 Å². The van der Waals surface area contributed by atoms with E-state index < -0.39 is 12.1 Å². The van der Waals surface area contributed by atoms with Gasteiger partial charge < -0.3 is 14.7 Å². The summed E-state index contributed by atoms with van der Waals surface area (Å²) in [4.78, 5) is 25.3. The van der Waals surface area contributed by atoms with Gasteiger partial charge >= 0.3 is 7.82 Å². The summed E-state index contributed by atoms with van der Waals surface area (Å²) < 4.78 is 21.0. The van der Waals surface area contributed by atoms with Crippen LogP contribution in [0, 0.1) is 5.82 Å². The average molecular weight is 463 g/mol. The maximum Gasteiger partial charge on any atom is 0.466 e. The van der Waals surface area contributed by atoms with Gasteiger partial charge in [-0.2, -0.15) is 0 Å². The Balaban J connectivity index is 0. The first-order valence-electron chi connectivity index (χ1n) is 5.30. The first-order valence-corrected chi connectivity index (χ1v) is 8.56. The van der Waals surface area contributed by atoms with Crippen LogP contribution in [0.2, 0.25) is 5.28 Å². The van der Waals surface area contributed by atoms with Crippen LogP contribution in [-0.2, 0) is 4.57 Å². The zero-order valence-corrected chi connectivity index (χ0v) is 16.0. The van der Waals surface area contributed by atoms with E-state index in [1.54, 1.807) is 12.1 Å². The molecular weight excluding hydrogens is 453 g/mol. The molecule has 0 saturated carbocycles. The summed E-state index contributed by atoms with van der Waals surface area (Å²) in [5.41, 5.74) is 1.12. The Morgan fingerprint density at radius 2 is 1.62 bits per heavy atom. The molecule has 136 valence electrons. The normalized spacial score (nSPS) is 9.88. The van der Waals surface area contributed by atoms with Crippen LogP contribution in [0.1, 0.15) is 0 Å². The lowest BCUT2D eigenvalue weighted by Gasteiger charge is -1.98. The maximum absolute atomic E-state index is 12.8. The number of benzene rings is 1. The highest BCUT2D eigenvalue weighted by Crippen LogP contribution is 2.25. The van der Waals surface area contributed by atoms with Gasteiger partial charge in [-0.1, -0.05) is 46.9 Å². The predicted molar refractivity (Wildman–Crippen MR) is 93.1 cm³/mol. The summed E-state index contributed by atoms with van der Waals surface area (Å²) in [6.07, 6.45) is 1.45. The minimum atomic E-state index is -4.64. The molecule has 2 rings (SSSR count). The van der Waals surface area contributed by atoms with Crippen LogP contribution >= 0.6 is 66.6 Å². The first kappa shape index (κ1) is 26.0. The molecule has 0 aliphatic rings. The Morgan fingerprint density at radius 1 is 1.12 bits per heavy atom. The summed E-state index contributed by atoms with van der Waals surface area (Å²) in [7, 11) is -4.64. The standard InChI is InChI=1S/C9H5ClFN3.CHCl3.ClH.H3O4P/c10-9-12-5-8(13-14-9)6-2-1-3-7(11)4-6;2-1(3)4;;1-5(2,3)4/h1-5H;1H;1H;(H3,1,2,3,4). The Kier molecular flexibility index (Phi) is 14.1. The molecule has 7 nitrogen and oxygen atoms in total. The van der Waals surface area contributed by atoms with Gasteiger partial charge in [0.1, 0.15) is 11.5 Å². The van der Waals surface area contributed by atoms with E-state index in [0.717, 1.165) is 0 Å². The van der Waals surface area contributed by atoms with E-state index in [2.05, 4.69) is 15.2 Å². The minimum Gasteiger partial charge on any atom is -0.303 e. The molecule has 0 bridgehead atoms. The molecule has 24 heavy (non-hydrogen) atoms. The molecule has 0 radical (unpaired) electrons. The molecule has 0 aliphatic carbocycles. The fraction of sp³-hybridized carbons (Fsp3) is 0.100. The highest BCUT2D eigenvalue weighted by molar-refractivity contribution is 7.45. The summed E-state index contributed by atoms with van der Waals surface area (Å²) in [6, 6.07) is 6.05. The largest absolute Gasteiger partial charge is 0.466 e. The Morgan fingerprint density at radius 3 is 2.00 bits per heavy atom. The highest BCUT2D eigenvalue weighted by atomic mass is 35.6. The lowest BCUT2D eigenvalue weighted by Crippen LogP contribution is -1.90. The highest BCUT2D eigenvalue weighted by Gasteiger charge is 2.01. The van der Waals surface area contributed by atoms with Crippen LogP contribution in [0.4, 0.5) is 4.39 Å². The Labute approximate surface area is 162 Å². The van der Waals surface area contributed by atoms with Crippen molar-refractivity contribution in [2.75, 3.05) is 0 Å². The number of alkyl halides is 3. The van der Waals surface area contributed by atoms with E-state index in [1.807, 2.05) is 0 Å². The average Bonchev–Trinajstić information content (AvgIpc) is 2.37. The van der Waals surface area contributed by atoms with Crippen molar-refractivity contribution in [3.8, 4) is 11.3 Å². The summed E-state index contributed by atoms with van der Waals surface area (Å²) in [5, 5.41) is 7.42. The van der Waals surface area contributed by atoms with Crippen molar-refractivity contribution in [3.63, 3.8) is 0 Å². The third-order valence-corrected chi connectivity index (χ3v) is 1.83. The third-order valence-electron chi connectivity index (χ3n) is 1.65. The van der Waals surface area contributed by atoms with E-state index in [-0.39, 0.29) is 23.5 Å². The topological polar surface area (TPSA) is 116 Å². The van der Waals surface area contributed by atoms with Gasteiger partial charge in [0.15, 0.2) is 4.30 Å². The van der Waals surface area contributed by atoms with E-state index in [9.17, 15) is 4.39 Å². The van der Waals surface area contributed by atoms with Crippen LogP contribution in [0.5, 0.6) is 0 Å². The second-order valence-electron chi connectivity index (χ2n) is 3.38. The van der Waals surface area contributed by atoms with Gasteiger partial charge in [-0.25, -0.2) is 13.9 Å². The van der Waals surface area contributed by atoms with E-state index in [4.69, 9.17) is 65.6 Å². The van der Waals surface area contributed by atoms with E-state index >= 15 is 0 Å². The molecule has 1 aromatic heterocycles. The van der Waals surface area contributed by atoms with Gasteiger partial charge in [0.2, 0.25) is 5.28 Å². The second kappa shape index (κ2) is 13.0. The van der Waals surface area contributed by atoms with Gasteiger partial charge in [-0.05, 0) is 23.7 Å². The van der Waals surface area contributed by atoms with Crippen molar-refractivity contribution >= 4 is 66.6 Å². The van der Waals surface area contributed by atoms with Gasteiger partial charge in [0.05, 0.1) is 6.20 Å². The molecule has 0 aliphatic heterocycles. The molecule has 0 atom stereocenters. The number of aromatic nitrogens is 3. The summed E-state index contributed by atoms with van der Waals surface area (Å²) in [5.74, 6) is -0.320. The van der Waals surface area contributed by atoms with Crippen molar-refractivity contribution in [2.45, 2.75) is 4.30 Å². The Bertz CT molecular complexity index is 636. The SMILES string of the molecule is Cl.ClC(Cl)Cl.Fc1cccc(-c2cnc(Cl)nn2)c1.O=P(O)(O)O. The monoisotopic (exact) mass is 461 g/mol. The molecule has 0 saturated heterocycles. The molecule has 0 fully saturated rings. The first-order chi connectivity index (χ1) is 10.5. The lowest BCUT2D eigenvalue weighted by atomic mass is 10.2. The van der Waals surface area contributed by atoms with Crippen molar-refractivity contribution in [2.24, 2.45) is 0 Å². The molecule has 2 aromatic rings. The van der Waals surface area contributed by atoms with Gasteiger partial charge in [-0.3, -0.25) is 0 Å². The molecule has 3 N–H and O–H groups in total. The van der Waals surface area contributed by atoms with E-state index in [0.29, 0.717) is 11.3 Å². The van der Waals surface area contributed by atoms with Gasteiger partial charge in [0, 0.05) is 5.56 Å². The number of halogens is 6. The summed E-state index contributed by atoms with van der Waals surface area (Å²) in [6.45, 7) is 0. The van der Waals surface area contributed by atoms with Crippen molar-refractivity contribution in [1.82, 2.24) is 15.2 Å². The van der Waals surface area contributed by atoms with Crippen LogP contribution < -0.4 is 0 Å². The number of hydrogen-bond acceptors (Lipinski definition) is 4. The zero-order chi connectivity index (χ0) is 18.0. The third kappa shape index (κ3) is 16.6. The number of phosphoric acid groups is 1. The van der Waals surface area contributed by atoms with Crippen molar-refractivity contribution < 1.29 is 23.6 Å². The van der Waals surface area contributed by atoms with Crippen LogP contribution in [0.25, 0.3) is 11.3 Å². The van der Waals surface area contributed by atoms with Crippen LogP contribution in [0.15, 0.2) is 30.5 Å². The fourth-order valence-electron chi connectivity index (χ4n) is 1.04. The predicted octanol–water partition coefficient (Wildman–Crippen LogP) is 3.81. The van der Waals surface area contributed by atoms with Crippen LogP contribution in [0.3, 0.4) is 0 Å².